The predicted molar refractivity (Wildman–Crippen MR) is 108 cm³/mol. The number of fused-ring (bicyclic) bond motifs is 1. The lowest BCUT2D eigenvalue weighted by Crippen LogP contribution is -2.19. The number of anilines is 2. The van der Waals surface area contributed by atoms with Crippen LogP contribution in [0.2, 0.25) is 0 Å². The quantitative estimate of drug-likeness (QED) is 0.732. The number of nitrogens with zero attached hydrogens (tertiary/aromatic N) is 2. The summed E-state index contributed by atoms with van der Waals surface area (Å²) < 4.78 is 7.56. The highest BCUT2D eigenvalue weighted by Gasteiger charge is 2.20. The minimum absolute atomic E-state index is 0.0743. The van der Waals surface area contributed by atoms with E-state index in [9.17, 15) is 4.79 Å². The van der Waals surface area contributed by atoms with Crippen LogP contribution in [0.1, 0.15) is 40.0 Å². The fraction of sp³-hybridized carbons (Fsp3) is 0.318. The van der Waals surface area contributed by atoms with Crippen molar-refractivity contribution in [3.05, 3.63) is 70.9 Å². The van der Waals surface area contributed by atoms with Gasteiger partial charge in [0.05, 0.1) is 18.4 Å². The lowest BCUT2D eigenvalue weighted by molar-refractivity contribution is 0.102. The Kier molecular flexibility index (Phi) is 4.52. The van der Waals surface area contributed by atoms with Gasteiger partial charge in [0.1, 0.15) is 5.76 Å². The SMILES string of the molecule is CCN1CCc2ccc(NC(=O)c3cc(C)n(Cc4ccco4)c3C)cc21. The molecule has 0 saturated carbocycles. The summed E-state index contributed by atoms with van der Waals surface area (Å²) in [5, 5.41) is 3.07. The number of aryl methyl sites for hydroxylation is 1. The number of benzene rings is 1. The monoisotopic (exact) mass is 363 g/mol. The van der Waals surface area contributed by atoms with Crippen LogP contribution in [0.15, 0.2) is 47.1 Å². The molecule has 2 aromatic heterocycles. The van der Waals surface area contributed by atoms with E-state index in [0.717, 1.165) is 42.3 Å². The van der Waals surface area contributed by atoms with Gasteiger partial charge in [0.25, 0.3) is 5.91 Å². The Morgan fingerprint density at radius 3 is 2.81 bits per heavy atom. The van der Waals surface area contributed by atoms with Crippen LogP contribution < -0.4 is 10.2 Å². The topological polar surface area (TPSA) is 50.4 Å². The Morgan fingerprint density at radius 2 is 2.07 bits per heavy atom. The first-order chi connectivity index (χ1) is 13.1. The van der Waals surface area contributed by atoms with Crippen LogP contribution in [0.4, 0.5) is 11.4 Å². The summed E-state index contributed by atoms with van der Waals surface area (Å²) in [6.45, 7) is 8.82. The van der Waals surface area contributed by atoms with E-state index in [1.807, 2.05) is 38.1 Å². The van der Waals surface area contributed by atoms with Gasteiger partial charge in [-0.25, -0.2) is 0 Å². The number of rotatable bonds is 5. The number of furan rings is 1. The normalized spacial score (nSPS) is 13.1. The maximum absolute atomic E-state index is 12.9. The molecule has 0 bridgehead atoms. The van der Waals surface area contributed by atoms with Gasteiger partial charge in [-0.3, -0.25) is 4.79 Å². The van der Waals surface area contributed by atoms with E-state index in [1.54, 1.807) is 6.26 Å². The molecule has 0 radical (unpaired) electrons. The largest absolute Gasteiger partial charge is 0.467 e. The van der Waals surface area contributed by atoms with Crippen molar-refractivity contribution in [2.45, 2.75) is 33.7 Å². The molecule has 0 aliphatic carbocycles. The molecule has 3 heterocycles. The van der Waals surface area contributed by atoms with Gasteiger partial charge in [-0.1, -0.05) is 6.07 Å². The number of hydrogen-bond acceptors (Lipinski definition) is 3. The maximum Gasteiger partial charge on any atom is 0.257 e. The molecule has 0 fully saturated rings. The van der Waals surface area contributed by atoms with Crippen LogP contribution in [-0.4, -0.2) is 23.6 Å². The molecule has 0 saturated heterocycles. The van der Waals surface area contributed by atoms with E-state index in [1.165, 1.54) is 11.3 Å². The summed E-state index contributed by atoms with van der Waals surface area (Å²) in [4.78, 5) is 15.2. The van der Waals surface area contributed by atoms with Gasteiger partial charge in [-0.05, 0) is 63.1 Å². The molecule has 140 valence electrons. The molecular weight excluding hydrogens is 338 g/mol. The summed E-state index contributed by atoms with van der Waals surface area (Å²) in [5.41, 5.74) is 6.12. The van der Waals surface area contributed by atoms with Crippen molar-refractivity contribution in [3.8, 4) is 0 Å². The highest BCUT2D eigenvalue weighted by Crippen LogP contribution is 2.31. The number of amides is 1. The number of likely N-dealkylation sites (N-methyl/N-ethyl adjacent to an activating group) is 1. The van der Waals surface area contributed by atoms with Crippen molar-refractivity contribution in [2.24, 2.45) is 0 Å². The molecule has 4 rings (SSSR count). The Hall–Kier alpha value is -2.95. The van der Waals surface area contributed by atoms with Crippen molar-refractivity contribution >= 4 is 17.3 Å². The second-order valence-corrected chi connectivity index (χ2v) is 7.08. The third-order valence-electron chi connectivity index (χ3n) is 5.43. The van der Waals surface area contributed by atoms with Crippen LogP contribution in [-0.2, 0) is 13.0 Å². The molecular formula is C22H25N3O2. The van der Waals surface area contributed by atoms with E-state index >= 15 is 0 Å². The molecule has 27 heavy (non-hydrogen) atoms. The molecule has 0 atom stereocenters. The van der Waals surface area contributed by atoms with Gasteiger partial charge in [0.2, 0.25) is 0 Å². The molecule has 3 aromatic rings. The number of aromatic nitrogens is 1. The molecule has 0 unspecified atom stereocenters. The summed E-state index contributed by atoms with van der Waals surface area (Å²) >= 11 is 0. The Labute approximate surface area is 159 Å². The Balaban J connectivity index is 1.56. The van der Waals surface area contributed by atoms with E-state index in [-0.39, 0.29) is 5.91 Å². The zero-order valence-corrected chi connectivity index (χ0v) is 16.1. The van der Waals surface area contributed by atoms with Crippen LogP contribution in [0, 0.1) is 13.8 Å². The molecule has 1 N–H and O–H groups in total. The van der Waals surface area contributed by atoms with E-state index in [4.69, 9.17) is 4.42 Å². The van der Waals surface area contributed by atoms with Crippen molar-refractivity contribution in [1.82, 2.24) is 4.57 Å². The molecule has 0 spiro atoms. The number of carbonyl (C=O) groups excluding carboxylic acids is 1. The van der Waals surface area contributed by atoms with Crippen molar-refractivity contribution in [1.29, 1.82) is 0 Å². The molecule has 5 nitrogen and oxygen atoms in total. The first-order valence-electron chi connectivity index (χ1n) is 9.45. The first kappa shape index (κ1) is 17.5. The van der Waals surface area contributed by atoms with Gasteiger partial charge >= 0.3 is 0 Å². The van der Waals surface area contributed by atoms with E-state index < -0.39 is 0 Å². The lowest BCUT2D eigenvalue weighted by atomic mass is 10.1. The van der Waals surface area contributed by atoms with Crippen LogP contribution in [0.25, 0.3) is 0 Å². The summed E-state index contributed by atoms with van der Waals surface area (Å²) in [6.07, 6.45) is 2.75. The number of nitrogens with one attached hydrogen (secondary N) is 1. The van der Waals surface area contributed by atoms with Crippen LogP contribution in [0.5, 0.6) is 0 Å². The van der Waals surface area contributed by atoms with E-state index in [0.29, 0.717) is 12.1 Å². The first-order valence-corrected chi connectivity index (χ1v) is 9.45. The third-order valence-corrected chi connectivity index (χ3v) is 5.43. The average molecular weight is 363 g/mol. The summed E-state index contributed by atoms with van der Waals surface area (Å²) in [7, 11) is 0. The number of hydrogen-bond donors (Lipinski definition) is 1. The van der Waals surface area contributed by atoms with Gasteiger partial charge in [-0.15, -0.1) is 0 Å². The van der Waals surface area contributed by atoms with Crippen molar-refractivity contribution in [3.63, 3.8) is 0 Å². The van der Waals surface area contributed by atoms with Crippen molar-refractivity contribution < 1.29 is 9.21 Å². The average Bonchev–Trinajstić information content (AvgIpc) is 3.37. The fourth-order valence-electron chi connectivity index (χ4n) is 3.88. The van der Waals surface area contributed by atoms with E-state index in [2.05, 4.69) is 33.8 Å². The standard InChI is InChI=1S/C22H25N3O2/c1-4-24-10-9-17-7-8-18(13-21(17)24)23-22(26)20-12-15(2)25(16(20)3)14-19-6-5-11-27-19/h5-8,11-13H,4,9-10,14H2,1-3H3,(H,23,26). The molecule has 1 aliphatic rings. The smallest absolute Gasteiger partial charge is 0.257 e. The van der Waals surface area contributed by atoms with Gasteiger partial charge in [0.15, 0.2) is 0 Å². The maximum atomic E-state index is 12.9. The summed E-state index contributed by atoms with van der Waals surface area (Å²) in [5.74, 6) is 0.803. The zero-order valence-electron chi connectivity index (χ0n) is 16.1. The molecule has 1 amide bonds. The Bertz CT molecular complexity index is 970. The second kappa shape index (κ2) is 6.99. The van der Waals surface area contributed by atoms with Gasteiger partial charge < -0.3 is 19.2 Å². The summed E-state index contributed by atoms with van der Waals surface area (Å²) in [6, 6.07) is 12.0. The minimum Gasteiger partial charge on any atom is -0.467 e. The second-order valence-electron chi connectivity index (χ2n) is 7.08. The molecule has 5 heteroatoms. The van der Waals surface area contributed by atoms with Crippen LogP contribution in [0.3, 0.4) is 0 Å². The van der Waals surface area contributed by atoms with Crippen LogP contribution >= 0.6 is 0 Å². The number of carbonyl (C=O) groups is 1. The minimum atomic E-state index is -0.0743. The molecule has 1 aromatic carbocycles. The highest BCUT2D eigenvalue weighted by atomic mass is 16.3. The zero-order chi connectivity index (χ0) is 19.0. The van der Waals surface area contributed by atoms with Crippen molar-refractivity contribution in [2.75, 3.05) is 23.3 Å². The molecule has 1 aliphatic heterocycles. The highest BCUT2D eigenvalue weighted by molar-refractivity contribution is 6.05. The van der Waals surface area contributed by atoms with Gasteiger partial charge in [-0.2, -0.15) is 0 Å². The fourth-order valence-corrected chi connectivity index (χ4v) is 3.88. The third kappa shape index (κ3) is 3.25. The predicted octanol–water partition coefficient (Wildman–Crippen LogP) is 4.38. The lowest BCUT2D eigenvalue weighted by Gasteiger charge is -2.17. The Morgan fingerprint density at radius 1 is 1.22 bits per heavy atom. The van der Waals surface area contributed by atoms with Gasteiger partial charge in [0, 0.05) is 35.9 Å².